The molecule has 0 aromatic heterocycles. The van der Waals surface area contributed by atoms with E-state index in [4.69, 9.17) is 11.6 Å². The first-order valence-electron chi connectivity index (χ1n) is 29.4. The zero-order valence-corrected chi connectivity index (χ0v) is 47.4. The number of likely N-dealkylation sites (N-methyl/N-ethyl adjacent to an activating group) is 1. The summed E-state index contributed by atoms with van der Waals surface area (Å²) >= 11 is 6.44. The van der Waals surface area contributed by atoms with Gasteiger partial charge in [-0.05, 0) is 171 Å². The molecule has 8 aliphatic rings. The summed E-state index contributed by atoms with van der Waals surface area (Å²) in [5.74, 6) is -2.09. The number of benzene rings is 2. The molecule has 2 aromatic rings. The lowest BCUT2D eigenvalue weighted by Crippen LogP contribution is -2.58. The molecule has 0 radical (unpaired) electrons. The van der Waals surface area contributed by atoms with Crippen LogP contribution in [0.25, 0.3) is 0 Å². The molecule has 2 saturated carbocycles. The van der Waals surface area contributed by atoms with Gasteiger partial charge in [0.15, 0.2) is 0 Å². The number of carbonyl (C=O) groups is 7. The Morgan fingerprint density at radius 3 is 2.24 bits per heavy atom. The molecule has 0 spiro atoms. The van der Waals surface area contributed by atoms with E-state index in [1.807, 2.05) is 12.1 Å². The van der Waals surface area contributed by atoms with Crippen LogP contribution < -0.4 is 37.2 Å². The van der Waals surface area contributed by atoms with E-state index in [0.29, 0.717) is 43.5 Å². The van der Waals surface area contributed by atoms with Crippen molar-refractivity contribution in [2.45, 2.75) is 177 Å². The highest BCUT2D eigenvalue weighted by Gasteiger charge is 2.49. The lowest BCUT2D eigenvalue weighted by Gasteiger charge is -2.39. The first kappa shape index (κ1) is 57.1. The average Bonchev–Trinajstić information content (AvgIpc) is 4.19. The average molecular weight is 1130 g/mol. The maximum Gasteiger partial charge on any atom is 0.253 e. The highest BCUT2D eigenvalue weighted by atomic mass is 35.5. The van der Waals surface area contributed by atoms with Crippen molar-refractivity contribution in [1.82, 2.24) is 46.0 Å². The van der Waals surface area contributed by atoms with Gasteiger partial charge in [0.25, 0.3) is 5.91 Å². The molecule has 4 saturated heterocycles. The van der Waals surface area contributed by atoms with Crippen LogP contribution in [0, 0.1) is 23.7 Å². The first-order valence-corrected chi connectivity index (χ1v) is 31.4. The summed E-state index contributed by atoms with van der Waals surface area (Å²) in [6, 6.07) is 8.09. The number of fused-ring (bicyclic) bond motifs is 4. The lowest BCUT2D eigenvalue weighted by molar-refractivity contribution is -0.143. The Morgan fingerprint density at radius 2 is 1.51 bits per heavy atom. The summed E-state index contributed by atoms with van der Waals surface area (Å²) in [5.41, 5.74) is 3.96. The van der Waals surface area contributed by atoms with Gasteiger partial charge in [0.1, 0.15) is 12.1 Å². The van der Waals surface area contributed by atoms with Gasteiger partial charge in [-0.1, -0.05) is 55.1 Å². The van der Waals surface area contributed by atoms with Crippen LogP contribution in [0.5, 0.6) is 0 Å². The molecule has 8 atom stereocenters. The number of sulfonamides is 1. The first-order chi connectivity index (χ1) is 38.0. The molecular weight excluding hydrogens is 1050 g/mol. The van der Waals surface area contributed by atoms with Crippen LogP contribution in [0.1, 0.15) is 149 Å². The molecule has 7 amide bonds. The maximum absolute atomic E-state index is 14.8. The van der Waals surface area contributed by atoms with Gasteiger partial charge in [-0.25, -0.2) is 8.42 Å². The molecular formula is C58H81ClN10O9S. The lowest BCUT2D eigenvalue weighted by atomic mass is 9.73. The minimum Gasteiger partial charge on any atom is -0.356 e. The molecule has 19 nitrogen and oxygen atoms in total. The van der Waals surface area contributed by atoms with Crippen LogP contribution >= 0.6 is 11.6 Å². The number of nitrogens with one attached hydrogen (secondary N) is 7. The molecule has 1 unspecified atom stereocenters. The topological polar surface area (TPSA) is 248 Å². The van der Waals surface area contributed by atoms with Crippen LogP contribution in [0.2, 0.25) is 5.02 Å². The van der Waals surface area contributed by atoms with Crippen molar-refractivity contribution in [1.29, 1.82) is 0 Å². The fourth-order valence-electron chi connectivity index (χ4n) is 14.2. The number of aryl methyl sites for hydroxylation is 1. The quantitative estimate of drug-likeness (QED) is 0.0988. The van der Waals surface area contributed by atoms with Crippen molar-refractivity contribution in [3.63, 3.8) is 0 Å². The van der Waals surface area contributed by atoms with E-state index in [-0.39, 0.29) is 119 Å². The van der Waals surface area contributed by atoms with Crippen molar-refractivity contribution in [3.8, 4) is 0 Å². The Bertz CT molecular complexity index is 2730. The molecule has 430 valence electrons. The number of amides is 7. The molecule has 79 heavy (non-hydrogen) atoms. The van der Waals surface area contributed by atoms with Gasteiger partial charge in [-0.2, -0.15) is 4.31 Å². The van der Waals surface area contributed by atoms with Gasteiger partial charge in [0.05, 0.1) is 34.8 Å². The predicted octanol–water partition coefficient (Wildman–Crippen LogP) is 4.09. The van der Waals surface area contributed by atoms with E-state index >= 15 is 0 Å². The number of likely N-dealkylation sites (tertiary alicyclic amines) is 2. The maximum atomic E-state index is 14.8. The Kier molecular flexibility index (Phi) is 18.0. The number of piperidine rings is 2. The smallest absolute Gasteiger partial charge is 0.253 e. The minimum absolute atomic E-state index is 0.0519. The van der Waals surface area contributed by atoms with Crippen molar-refractivity contribution in [3.05, 3.63) is 63.7 Å². The fraction of sp³-hybridized carbons (Fsp3) is 0.672. The summed E-state index contributed by atoms with van der Waals surface area (Å²) < 4.78 is 29.7. The second-order valence-electron chi connectivity index (χ2n) is 24.1. The standard InChI is InChI=1S/C58H81ClN10O9S/c1-34(60-2)53(71)66-52(37-11-4-3-5-12-37)58(76)68-32-42(30-50(68)57(75)65-48-15-8-13-36-10-6-7-14-45(36)48)63-55(73)40-24-39(25-40)54(72)61-20-9-21-67-22-18-35(19-23-67)33-79(77,78)69-43-16-17-44(69)29-41(28-43)62-56(74)46-26-38-27-51(70)64-49(38)31-47(46)59/h6-7,10,14,26,31,34-35,37,39-44,48,50,52,60H,3-5,8-9,11-13,15-25,27-30,32-33H2,1-2H3,(H,61,72)(H,62,74)(H,63,73)(H,64,70)(H,65,75)(H,66,71)/t34-,39?,40?,41?,42-,43-,44+,48+,50-,52-/m0/s1. The number of anilines is 1. The van der Waals surface area contributed by atoms with Gasteiger partial charge < -0.3 is 47.0 Å². The Balaban J connectivity index is 0.650. The monoisotopic (exact) mass is 1130 g/mol. The van der Waals surface area contributed by atoms with E-state index in [1.165, 1.54) is 5.56 Å². The van der Waals surface area contributed by atoms with Crippen LogP contribution in [0.4, 0.5) is 5.69 Å². The molecule has 3 aliphatic carbocycles. The van der Waals surface area contributed by atoms with Crippen molar-refractivity contribution in [2.24, 2.45) is 23.7 Å². The van der Waals surface area contributed by atoms with E-state index in [0.717, 1.165) is 114 Å². The summed E-state index contributed by atoms with van der Waals surface area (Å²) in [6.45, 7) is 4.73. The van der Waals surface area contributed by atoms with E-state index < -0.39 is 34.2 Å². The molecule has 2 aromatic carbocycles. The number of hydrogen-bond acceptors (Lipinski definition) is 11. The summed E-state index contributed by atoms with van der Waals surface area (Å²) in [7, 11) is -1.82. The van der Waals surface area contributed by atoms with Crippen LogP contribution in [-0.4, -0.2) is 152 Å². The molecule has 5 heterocycles. The zero-order chi connectivity index (χ0) is 55.5. The van der Waals surface area contributed by atoms with Crippen molar-refractivity contribution in [2.75, 3.05) is 50.8 Å². The fourth-order valence-corrected chi connectivity index (χ4v) is 16.9. The third-order valence-electron chi connectivity index (χ3n) is 18.8. The number of halogens is 1. The van der Waals surface area contributed by atoms with E-state index in [9.17, 15) is 42.0 Å². The predicted molar refractivity (Wildman–Crippen MR) is 299 cm³/mol. The molecule has 2 bridgehead atoms. The van der Waals surface area contributed by atoms with Crippen LogP contribution in [-0.2, 0) is 51.6 Å². The van der Waals surface area contributed by atoms with Gasteiger partial charge >= 0.3 is 0 Å². The molecule has 10 rings (SSSR count). The molecule has 6 fully saturated rings. The summed E-state index contributed by atoms with van der Waals surface area (Å²) in [5, 5.41) is 21.6. The summed E-state index contributed by atoms with van der Waals surface area (Å²) in [6.07, 6.45) is 13.4. The van der Waals surface area contributed by atoms with Crippen LogP contribution in [0.15, 0.2) is 36.4 Å². The second-order valence-corrected chi connectivity index (χ2v) is 26.5. The molecule has 5 aliphatic heterocycles. The SMILES string of the molecule is CN[C@@H](C)C(=O)N[C@H](C(=O)N1C[C@@H](NC(=O)C2CC(C(=O)NCCCN3CCC(CS(=O)(=O)N4[C@@H]5CC[C@H]4CC(NC(=O)c4cc6c(cc4Cl)NC(=O)C6)C5)CC3)C2)C[C@H]1C(=O)N[C@@H]1CCCc2ccccc21)C1CCCCC1. The Labute approximate surface area is 470 Å². The van der Waals surface area contributed by atoms with Gasteiger partial charge in [0, 0.05) is 54.8 Å². The van der Waals surface area contributed by atoms with Gasteiger partial charge in [-0.15, -0.1) is 0 Å². The summed E-state index contributed by atoms with van der Waals surface area (Å²) in [4.78, 5) is 98.6. The third kappa shape index (κ3) is 13.1. The van der Waals surface area contributed by atoms with E-state index in [1.54, 1.807) is 35.3 Å². The molecule has 7 N–H and O–H groups in total. The highest BCUT2D eigenvalue weighted by Crippen LogP contribution is 2.40. The Hall–Kier alpha value is -5.15. The number of hydrogen-bond donors (Lipinski definition) is 7. The van der Waals surface area contributed by atoms with Gasteiger partial charge in [0.2, 0.25) is 45.5 Å². The Morgan fingerprint density at radius 1 is 0.785 bits per heavy atom. The normalized spacial score (nSPS) is 28.1. The largest absolute Gasteiger partial charge is 0.356 e. The van der Waals surface area contributed by atoms with Crippen molar-refractivity contribution >= 4 is 68.7 Å². The minimum atomic E-state index is -3.52. The molecule has 21 heteroatoms. The highest BCUT2D eigenvalue weighted by molar-refractivity contribution is 7.89. The zero-order valence-electron chi connectivity index (χ0n) is 45.9. The number of carbonyl (C=O) groups excluding carboxylic acids is 7. The van der Waals surface area contributed by atoms with Gasteiger partial charge in [-0.3, -0.25) is 33.6 Å². The number of nitrogens with zero attached hydrogens (tertiary/aromatic N) is 3. The second kappa shape index (κ2) is 24.9. The van der Waals surface area contributed by atoms with Crippen LogP contribution in [0.3, 0.4) is 0 Å². The van der Waals surface area contributed by atoms with Crippen molar-refractivity contribution < 1.29 is 42.0 Å². The number of rotatable bonds is 19. The van der Waals surface area contributed by atoms with E-state index in [2.05, 4.69) is 54.3 Å². The third-order valence-corrected chi connectivity index (χ3v) is 21.2.